The Hall–Kier alpha value is -1.80. The minimum absolute atomic E-state index is 0.106. The van der Waals surface area contributed by atoms with Gasteiger partial charge in [0.05, 0.1) is 12.7 Å². The highest BCUT2D eigenvalue weighted by molar-refractivity contribution is 5.21. The zero-order chi connectivity index (χ0) is 13.3. The molecular weight excluding hydrogens is 236 g/mol. The predicted octanol–water partition coefficient (Wildman–Crippen LogP) is 4.23. The molecule has 0 aromatic heterocycles. The van der Waals surface area contributed by atoms with E-state index in [1.165, 1.54) is 5.56 Å². The fourth-order valence-corrected chi connectivity index (χ4v) is 2.02. The molecule has 0 fully saturated rings. The Balaban J connectivity index is 1.87. The van der Waals surface area contributed by atoms with Crippen LogP contribution in [-0.4, -0.2) is 13.2 Å². The summed E-state index contributed by atoms with van der Waals surface area (Å²) in [5.41, 5.74) is 1.21. The molecule has 2 heteroatoms. The summed E-state index contributed by atoms with van der Waals surface area (Å²) in [6.45, 7) is 3.39. The number of hydrogen-bond acceptors (Lipinski definition) is 2. The molecule has 0 aliphatic heterocycles. The molecule has 2 nitrogen and oxygen atoms in total. The fraction of sp³-hybridized carbons (Fsp3) is 0.294. The third kappa shape index (κ3) is 4.42. The molecule has 0 heterocycles. The van der Waals surface area contributed by atoms with Gasteiger partial charge in [-0.1, -0.05) is 48.5 Å². The van der Waals surface area contributed by atoms with Crippen LogP contribution in [0.5, 0.6) is 5.75 Å². The van der Waals surface area contributed by atoms with Crippen LogP contribution in [-0.2, 0) is 4.74 Å². The first-order valence-electron chi connectivity index (χ1n) is 6.74. The molecule has 2 aromatic carbocycles. The van der Waals surface area contributed by atoms with Crippen molar-refractivity contribution in [2.45, 2.75) is 19.4 Å². The van der Waals surface area contributed by atoms with Crippen molar-refractivity contribution in [3.8, 4) is 5.75 Å². The van der Waals surface area contributed by atoms with E-state index in [0.29, 0.717) is 13.2 Å². The van der Waals surface area contributed by atoms with Crippen molar-refractivity contribution >= 4 is 0 Å². The van der Waals surface area contributed by atoms with E-state index in [4.69, 9.17) is 9.47 Å². The van der Waals surface area contributed by atoms with Crippen LogP contribution in [0.1, 0.15) is 25.0 Å². The van der Waals surface area contributed by atoms with Crippen LogP contribution in [0, 0.1) is 0 Å². The summed E-state index contributed by atoms with van der Waals surface area (Å²) in [5, 5.41) is 0. The first-order valence-corrected chi connectivity index (χ1v) is 6.74. The SMILES string of the molecule is CCOC(CCOc1ccccc1)c1ccccc1. The zero-order valence-electron chi connectivity index (χ0n) is 11.3. The molecule has 100 valence electrons. The van der Waals surface area contributed by atoms with Gasteiger partial charge in [-0.25, -0.2) is 0 Å². The average Bonchev–Trinajstić information content (AvgIpc) is 2.48. The van der Waals surface area contributed by atoms with Gasteiger partial charge in [-0.2, -0.15) is 0 Å². The van der Waals surface area contributed by atoms with Gasteiger partial charge in [-0.05, 0) is 24.6 Å². The second kappa shape index (κ2) is 7.59. The third-order valence-electron chi connectivity index (χ3n) is 2.93. The normalized spacial score (nSPS) is 12.1. The van der Waals surface area contributed by atoms with Crippen LogP contribution in [0.4, 0.5) is 0 Å². The van der Waals surface area contributed by atoms with Crippen molar-refractivity contribution in [2.75, 3.05) is 13.2 Å². The van der Waals surface area contributed by atoms with Gasteiger partial charge < -0.3 is 9.47 Å². The minimum Gasteiger partial charge on any atom is -0.493 e. The van der Waals surface area contributed by atoms with Crippen LogP contribution in [0.3, 0.4) is 0 Å². The lowest BCUT2D eigenvalue weighted by Gasteiger charge is -2.17. The number of rotatable bonds is 7. The fourth-order valence-electron chi connectivity index (χ4n) is 2.02. The second-order valence-electron chi connectivity index (χ2n) is 4.30. The van der Waals surface area contributed by atoms with E-state index in [0.717, 1.165) is 12.2 Å². The summed E-state index contributed by atoms with van der Waals surface area (Å²) in [5.74, 6) is 0.908. The molecule has 2 rings (SSSR count). The van der Waals surface area contributed by atoms with Gasteiger partial charge >= 0.3 is 0 Å². The highest BCUT2D eigenvalue weighted by Gasteiger charge is 2.11. The Labute approximate surface area is 115 Å². The molecule has 0 aliphatic carbocycles. The molecule has 0 radical (unpaired) electrons. The van der Waals surface area contributed by atoms with E-state index >= 15 is 0 Å². The highest BCUT2D eigenvalue weighted by atomic mass is 16.5. The maximum Gasteiger partial charge on any atom is 0.119 e. The molecule has 0 saturated carbocycles. The molecule has 0 bridgehead atoms. The predicted molar refractivity (Wildman–Crippen MR) is 77.4 cm³/mol. The van der Waals surface area contributed by atoms with Crippen LogP contribution < -0.4 is 4.74 Å². The molecule has 1 atom stereocenters. The molecule has 0 saturated heterocycles. The van der Waals surface area contributed by atoms with E-state index in [2.05, 4.69) is 12.1 Å². The van der Waals surface area contributed by atoms with Crippen molar-refractivity contribution in [1.82, 2.24) is 0 Å². The number of hydrogen-bond donors (Lipinski definition) is 0. The summed E-state index contributed by atoms with van der Waals surface area (Å²) in [6.07, 6.45) is 0.960. The first-order chi connectivity index (χ1) is 9.40. The maximum atomic E-state index is 5.79. The molecule has 0 aliphatic rings. The summed E-state index contributed by atoms with van der Waals surface area (Å²) in [7, 11) is 0. The Morgan fingerprint density at radius 1 is 0.895 bits per heavy atom. The summed E-state index contributed by atoms with van der Waals surface area (Å²) in [6, 6.07) is 20.2. The monoisotopic (exact) mass is 256 g/mol. The quantitative estimate of drug-likeness (QED) is 0.738. The van der Waals surface area contributed by atoms with Crippen LogP contribution in [0.25, 0.3) is 0 Å². The van der Waals surface area contributed by atoms with Gasteiger partial charge in [0.1, 0.15) is 5.75 Å². The molecular formula is C17H20O2. The molecule has 1 unspecified atom stereocenters. The van der Waals surface area contributed by atoms with Gasteiger partial charge in [0.25, 0.3) is 0 Å². The van der Waals surface area contributed by atoms with Crippen molar-refractivity contribution in [1.29, 1.82) is 0 Å². The maximum absolute atomic E-state index is 5.79. The van der Waals surface area contributed by atoms with Crippen LogP contribution in [0.15, 0.2) is 60.7 Å². The van der Waals surface area contributed by atoms with E-state index in [-0.39, 0.29) is 6.10 Å². The summed E-state index contributed by atoms with van der Waals surface area (Å²) >= 11 is 0. The molecule has 0 N–H and O–H groups in total. The Kier molecular flexibility index (Phi) is 5.45. The van der Waals surface area contributed by atoms with Gasteiger partial charge in [-0.15, -0.1) is 0 Å². The highest BCUT2D eigenvalue weighted by Crippen LogP contribution is 2.21. The molecule has 0 spiro atoms. The third-order valence-corrected chi connectivity index (χ3v) is 2.93. The molecule has 2 aromatic rings. The largest absolute Gasteiger partial charge is 0.493 e. The lowest BCUT2D eigenvalue weighted by atomic mass is 10.1. The van der Waals surface area contributed by atoms with Crippen molar-refractivity contribution in [3.63, 3.8) is 0 Å². The second-order valence-corrected chi connectivity index (χ2v) is 4.30. The lowest BCUT2D eigenvalue weighted by molar-refractivity contribution is 0.0458. The van der Waals surface area contributed by atoms with Crippen molar-refractivity contribution < 1.29 is 9.47 Å². The van der Waals surface area contributed by atoms with Crippen LogP contribution in [0.2, 0.25) is 0 Å². The Morgan fingerprint density at radius 3 is 2.16 bits per heavy atom. The molecule has 0 amide bonds. The molecule has 19 heavy (non-hydrogen) atoms. The summed E-state index contributed by atoms with van der Waals surface area (Å²) < 4.78 is 11.5. The van der Waals surface area contributed by atoms with Crippen LogP contribution >= 0.6 is 0 Å². The lowest BCUT2D eigenvalue weighted by Crippen LogP contribution is -2.09. The number of ether oxygens (including phenoxy) is 2. The van der Waals surface area contributed by atoms with Gasteiger partial charge in [0, 0.05) is 13.0 Å². The van der Waals surface area contributed by atoms with E-state index in [9.17, 15) is 0 Å². The Morgan fingerprint density at radius 2 is 1.53 bits per heavy atom. The average molecular weight is 256 g/mol. The van der Waals surface area contributed by atoms with E-state index in [1.807, 2.05) is 55.5 Å². The van der Waals surface area contributed by atoms with Gasteiger partial charge in [-0.3, -0.25) is 0 Å². The summed E-state index contributed by atoms with van der Waals surface area (Å²) in [4.78, 5) is 0. The smallest absolute Gasteiger partial charge is 0.119 e. The van der Waals surface area contributed by atoms with Crippen molar-refractivity contribution in [3.05, 3.63) is 66.2 Å². The standard InChI is InChI=1S/C17H20O2/c1-2-18-17(15-9-5-3-6-10-15)13-14-19-16-11-7-4-8-12-16/h3-12,17H,2,13-14H2,1H3. The topological polar surface area (TPSA) is 18.5 Å². The first kappa shape index (κ1) is 13.6. The zero-order valence-corrected chi connectivity index (χ0v) is 11.3. The van der Waals surface area contributed by atoms with E-state index < -0.39 is 0 Å². The van der Waals surface area contributed by atoms with E-state index in [1.54, 1.807) is 0 Å². The van der Waals surface area contributed by atoms with Crippen molar-refractivity contribution in [2.24, 2.45) is 0 Å². The van der Waals surface area contributed by atoms with Gasteiger partial charge in [0.15, 0.2) is 0 Å². The minimum atomic E-state index is 0.106. The Bertz CT molecular complexity index is 453. The number of para-hydroxylation sites is 1. The van der Waals surface area contributed by atoms with Gasteiger partial charge in [0.2, 0.25) is 0 Å². The number of benzene rings is 2.